The molecule has 5 heteroatoms. The predicted molar refractivity (Wildman–Crippen MR) is 93.1 cm³/mol. The van der Waals surface area contributed by atoms with Crippen molar-refractivity contribution in [2.24, 2.45) is 0 Å². The van der Waals surface area contributed by atoms with Crippen molar-refractivity contribution in [1.29, 1.82) is 0 Å². The van der Waals surface area contributed by atoms with Crippen molar-refractivity contribution in [2.45, 2.75) is 6.92 Å². The molecule has 2 fully saturated rings. The molecule has 2 aliphatic rings. The Hall–Kier alpha value is -1.30. The zero-order chi connectivity index (χ0) is 15.6. The molecule has 2 N–H and O–H groups in total. The third kappa shape index (κ3) is 5.48. The lowest BCUT2D eigenvalue weighted by Crippen LogP contribution is -2.46. The van der Waals surface area contributed by atoms with Crippen molar-refractivity contribution >= 4 is 5.69 Å². The van der Waals surface area contributed by atoms with Gasteiger partial charge in [0.1, 0.15) is 5.75 Å². The van der Waals surface area contributed by atoms with Crippen LogP contribution in [-0.2, 0) is 0 Å². The number of rotatable bonds is 3. The summed E-state index contributed by atoms with van der Waals surface area (Å²) >= 11 is 0. The van der Waals surface area contributed by atoms with Gasteiger partial charge in [0.2, 0.25) is 0 Å². The molecular weight excluding hydrogens is 276 g/mol. The second kappa shape index (κ2) is 9.66. The largest absolute Gasteiger partial charge is 0.497 e. The van der Waals surface area contributed by atoms with Crippen molar-refractivity contribution in [3.8, 4) is 5.75 Å². The number of likely N-dealkylation sites (N-methyl/N-ethyl adjacent to an activating group) is 1. The zero-order valence-corrected chi connectivity index (χ0v) is 14.0. The lowest BCUT2D eigenvalue weighted by atomic mass is 10.2. The molecule has 3 rings (SSSR count). The number of methoxy groups -OCH3 is 1. The van der Waals surface area contributed by atoms with Crippen molar-refractivity contribution in [3.63, 3.8) is 0 Å². The number of hydrogen-bond acceptors (Lipinski definition) is 5. The number of anilines is 1. The number of ether oxygens (including phenoxy) is 1. The number of benzene rings is 1. The molecule has 0 amide bonds. The van der Waals surface area contributed by atoms with Gasteiger partial charge in [-0.1, -0.05) is 6.92 Å². The normalized spacial score (nSPS) is 19.3. The van der Waals surface area contributed by atoms with E-state index in [2.05, 4.69) is 39.5 Å². The van der Waals surface area contributed by atoms with E-state index in [1.165, 1.54) is 18.8 Å². The van der Waals surface area contributed by atoms with E-state index in [9.17, 15) is 0 Å². The van der Waals surface area contributed by atoms with Crippen LogP contribution in [0.15, 0.2) is 24.3 Å². The molecule has 0 saturated carbocycles. The fourth-order valence-corrected chi connectivity index (χ4v) is 2.72. The molecule has 22 heavy (non-hydrogen) atoms. The summed E-state index contributed by atoms with van der Waals surface area (Å²) in [5, 5.41) is 6.44. The van der Waals surface area contributed by atoms with Gasteiger partial charge in [-0.05, 0) is 30.8 Å². The standard InChI is InChI=1S/C13H20N2O.C4H10N2/c1-3-14-8-10-15(11-9-14)12-4-6-13(16-2)7-5-12;1-2-6-4-3-5-1/h4-7H,3,8-11H2,1-2H3;5-6H,1-4H2. The maximum absolute atomic E-state index is 5.16. The fraction of sp³-hybridized carbons (Fsp3) is 0.647. The SMILES string of the molecule is C1CNCCN1.CCN1CCN(c2ccc(OC)cc2)CC1. The van der Waals surface area contributed by atoms with Gasteiger partial charge in [0.15, 0.2) is 0 Å². The minimum atomic E-state index is 0.927. The average Bonchev–Trinajstić information content (AvgIpc) is 2.64. The summed E-state index contributed by atoms with van der Waals surface area (Å²) in [6.07, 6.45) is 0. The van der Waals surface area contributed by atoms with Crippen molar-refractivity contribution in [2.75, 3.05) is 70.9 Å². The molecule has 1 aromatic carbocycles. The van der Waals surface area contributed by atoms with Gasteiger partial charge >= 0.3 is 0 Å². The molecule has 0 radical (unpaired) electrons. The Morgan fingerprint density at radius 3 is 1.86 bits per heavy atom. The third-order valence-corrected chi connectivity index (χ3v) is 4.21. The molecule has 2 saturated heterocycles. The summed E-state index contributed by atoms with van der Waals surface area (Å²) in [5.41, 5.74) is 1.30. The van der Waals surface area contributed by atoms with Crippen LogP contribution in [0.2, 0.25) is 0 Å². The highest BCUT2D eigenvalue weighted by Crippen LogP contribution is 2.20. The lowest BCUT2D eigenvalue weighted by Gasteiger charge is -2.35. The summed E-state index contributed by atoms with van der Waals surface area (Å²) in [5.74, 6) is 0.927. The Morgan fingerprint density at radius 2 is 1.45 bits per heavy atom. The average molecular weight is 306 g/mol. The van der Waals surface area contributed by atoms with Gasteiger partial charge in [0.25, 0.3) is 0 Å². The van der Waals surface area contributed by atoms with Gasteiger partial charge in [-0.15, -0.1) is 0 Å². The van der Waals surface area contributed by atoms with Gasteiger partial charge in [-0.25, -0.2) is 0 Å². The molecule has 0 atom stereocenters. The van der Waals surface area contributed by atoms with Crippen molar-refractivity contribution in [3.05, 3.63) is 24.3 Å². The molecule has 0 spiro atoms. The first kappa shape index (κ1) is 17.1. The molecule has 0 aromatic heterocycles. The summed E-state index contributed by atoms with van der Waals surface area (Å²) < 4.78 is 5.16. The topological polar surface area (TPSA) is 39.8 Å². The molecule has 124 valence electrons. The molecular formula is C17H30N4O. The summed E-state index contributed by atoms with van der Waals surface area (Å²) in [7, 11) is 1.70. The molecule has 0 unspecified atom stereocenters. The Morgan fingerprint density at radius 1 is 0.909 bits per heavy atom. The zero-order valence-electron chi connectivity index (χ0n) is 14.0. The summed E-state index contributed by atoms with van der Waals surface area (Å²) in [6, 6.07) is 8.34. The van der Waals surface area contributed by atoms with E-state index >= 15 is 0 Å². The summed E-state index contributed by atoms with van der Waals surface area (Å²) in [4.78, 5) is 4.92. The van der Waals surface area contributed by atoms with Gasteiger partial charge in [-0.2, -0.15) is 0 Å². The van der Waals surface area contributed by atoms with Gasteiger partial charge < -0.3 is 25.2 Å². The maximum Gasteiger partial charge on any atom is 0.119 e. The molecule has 1 aromatic rings. The first-order chi connectivity index (χ1) is 10.8. The van der Waals surface area contributed by atoms with E-state index in [-0.39, 0.29) is 0 Å². The Labute approximate surface area is 134 Å². The van der Waals surface area contributed by atoms with Crippen molar-refractivity contribution in [1.82, 2.24) is 15.5 Å². The Kier molecular flexibility index (Phi) is 7.49. The van der Waals surface area contributed by atoms with Crippen LogP contribution in [0.25, 0.3) is 0 Å². The Balaban J connectivity index is 0.000000246. The number of hydrogen-bond donors (Lipinski definition) is 2. The molecule has 0 bridgehead atoms. The molecule has 5 nitrogen and oxygen atoms in total. The maximum atomic E-state index is 5.16. The third-order valence-electron chi connectivity index (χ3n) is 4.21. The van der Waals surface area contributed by atoms with E-state index in [0.29, 0.717) is 0 Å². The van der Waals surface area contributed by atoms with Crippen LogP contribution >= 0.6 is 0 Å². The van der Waals surface area contributed by atoms with E-state index in [1.54, 1.807) is 7.11 Å². The Bertz CT molecular complexity index is 386. The van der Waals surface area contributed by atoms with Crippen LogP contribution in [0.1, 0.15) is 6.92 Å². The predicted octanol–water partition coefficient (Wildman–Crippen LogP) is 1.02. The quantitative estimate of drug-likeness (QED) is 0.872. The second-order valence-electron chi connectivity index (χ2n) is 5.62. The first-order valence-electron chi connectivity index (χ1n) is 8.36. The van der Waals surface area contributed by atoms with Crippen molar-refractivity contribution < 1.29 is 4.74 Å². The highest BCUT2D eigenvalue weighted by atomic mass is 16.5. The van der Waals surface area contributed by atoms with Crippen LogP contribution in [0, 0.1) is 0 Å². The monoisotopic (exact) mass is 306 g/mol. The number of nitrogens with one attached hydrogen (secondary N) is 2. The smallest absolute Gasteiger partial charge is 0.119 e. The van der Waals surface area contributed by atoms with Crippen LogP contribution in [-0.4, -0.2) is 70.9 Å². The molecule has 2 heterocycles. The molecule has 0 aliphatic carbocycles. The summed E-state index contributed by atoms with van der Waals surface area (Å²) in [6.45, 7) is 12.5. The minimum Gasteiger partial charge on any atom is -0.497 e. The van der Waals surface area contributed by atoms with E-state index in [0.717, 1.165) is 51.6 Å². The van der Waals surface area contributed by atoms with Crippen LogP contribution < -0.4 is 20.3 Å². The second-order valence-corrected chi connectivity index (χ2v) is 5.62. The van der Waals surface area contributed by atoms with Crippen LogP contribution in [0.5, 0.6) is 5.75 Å². The van der Waals surface area contributed by atoms with Gasteiger partial charge in [0, 0.05) is 58.0 Å². The van der Waals surface area contributed by atoms with E-state index in [1.807, 2.05) is 12.1 Å². The highest BCUT2D eigenvalue weighted by molar-refractivity contribution is 5.49. The number of piperazine rings is 2. The van der Waals surface area contributed by atoms with Crippen LogP contribution in [0.3, 0.4) is 0 Å². The highest BCUT2D eigenvalue weighted by Gasteiger charge is 2.15. The number of nitrogens with zero attached hydrogens (tertiary/aromatic N) is 2. The van der Waals surface area contributed by atoms with E-state index < -0.39 is 0 Å². The van der Waals surface area contributed by atoms with E-state index in [4.69, 9.17) is 4.74 Å². The molecule has 2 aliphatic heterocycles. The minimum absolute atomic E-state index is 0.927. The fourth-order valence-electron chi connectivity index (χ4n) is 2.72. The van der Waals surface area contributed by atoms with Gasteiger partial charge in [-0.3, -0.25) is 0 Å². The van der Waals surface area contributed by atoms with Gasteiger partial charge in [0.05, 0.1) is 7.11 Å². The van der Waals surface area contributed by atoms with Crippen LogP contribution in [0.4, 0.5) is 5.69 Å². The lowest BCUT2D eigenvalue weighted by molar-refractivity contribution is 0.271. The first-order valence-corrected chi connectivity index (χ1v) is 8.36.